The molecule has 0 spiro atoms. The van der Waals surface area contributed by atoms with Crippen LogP contribution in [0.5, 0.6) is 0 Å². The summed E-state index contributed by atoms with van der Waals surface area (Å²) in [6.07, 6.45) is 1.49. The van der Waals surface area contributed by atoms with Gasteiger partial charge in [-0.25, -0.2) is 9.48 Å². The first-order valence-electron chi connectivity index (χ1n) is 8.10. The summed E-state index contributed by atoms with van der Waals surface area (Å²) in [5.41, 5.74) is 1.25. The number of carbonyl (C=O) groups is 2. The zero-order chi connectivity index (χ0) is 18.1. The Morgan fingerprint density at radius 1 is 1.04 bits per heavy atom. The summed E-state index contributed by atoms with van der Waals surface area (Å²) in [5.74, 6) is -0.276. The van der Waals surface area contributed by atoms with Crippen LogP contribution < -0.4 is 5.32 Å². The third kappa shape index (κ3) is 2.61. The Morgan fingerprint density at radius 2 is 1.77 bits per heavy atom. The predicted octanol–water partition coefficient (Wildman–Crippen LogP) is 1.63. The maximum absolute atomic E-state index is 13.0. The van der Waals surface area contributed by atoms with Gasteiger partial charge in [0, 0.05) is 0 Å². The lowest BCUT2D eigenvalue weighted by Gasteiger charge is -2.22. The van der Waals surface area contributed by atoms with Gasteiger partial charge in [-0.1, -0.05) is 42.5 Å². The Bertz CT molecular complexity index is 940. The van der Waals surface area contributed by atoms with Gasteiger partial charge in [0.2, 0.25) is 0 Å². The number of rotatable bonds is 4. The first kappa shape index (κ1) is 15.9. The molecule has 1 saturated heterocycles. The van der Waals surface area contributed by atoms with Crippen LogP contribution in [0.4, 0.5) is 4.79 Å². The van der Waals surface area contributed by atoms with Crippen LogP contribution in [0.2, 0.25) is 0 Å². The van der Waals surface area contributed by atoms with E-state index in [4.69, 9.17) is 0 Å². The third-order valence-electron chi connectivity index (χ3n) is 4.52. The molecule has 4 rings (SSSR count). The van der Waals surface area contributed by atoms with Crippen molar-refractivity contribution in [1.29, 1.82) is 0 Å². The highest BCUT2D eigenvalue weighted by Gasteiger charge is 2.48. The number of amides is 3. The number of aromatic nitrogens is 4. The Balaban J connectivity index is 1.60. The molecule has 2 heterocycles. The molecule has 1 N–H and O–H groups in total. The third-order valence-corrected chi connectivity index (χ3v) is 4.52. The van der Waals surface area contributed by atoms with Crippen molar-refractivity contribution in [2.75, 3.05) is 0 Å². The van der Waals surface area contributed by atoms with E-state index >= 15 is 0 Å². The molecule has 1 atom stereocenters. The van der Waals surface area contributed by atoms with Gasteiger partial charge in [0.25, 0.3) is 5.91 Å². The highest BCUT2D eigenvalue weighted by molar-refractivity contribution is 6.07. The van der Waals surface area contributed by atoms with E-state index in [9.17, 15) is 9.59 Å². The Hall–Kier alpha value is -3.55. The number of urea groups is 1. The minimum absolute atomic E-state index is 0.240. The molecule has 1 aromatic heterocycles. The quantitative estimate of drug-likeness (QED) is 0.724. The van der Waals surface area contributed by atoms with Crippen molar-refractivity contribution in [3.8, 4) is 5.69 Å². The SMILES string of the molecule is C[C@@]1(c2ccc(-n3cnnn3)cc2)NC(=O)N(Cc2ccccc2)C1=O. The molecule has 0 radical (unpaired) electrons. The van der Waals surface area contributed by atoms with E-state index in [0.717, 1.165) is 11.3 Å². The lowest BCUT2D eigenvalue weighted by molar-refractivity contribution is -0.131. The molecule has 2 aromatic carbocycles. The topological polar surface area (TPSA) is 93.0 Å². The number of nitrogens with one attached hydrogen (secondary N) is 1. The van der Waals surface area contributed by atoms with Crippen LogP contribution >= 0.6 is 0 Å². The van der Waals surface area contributed by atoms with E-state index in [2.05, 4.69) is 20.8 Å². The normalized spacial score (nSPS) is 19.7. The van der Waals surface area contributed by atoms with Crippen molar-refractivity contribution >= 4 is 11.9 Å². The molecule has 3 amide bonds. The largest absolute Gasteiger partial charge is 0.325 e. The molecule has 1 aliphatic rings. The van der Waals surface area contributed by atoms with Crippen LogP contribution in [0, 0.1) is 0 Å². The summed E-state index contributed by atoms with van der Waals surface area (Å²) in [6.45, 7) is 1.95. The monoisotopic (exact) mass is 348 g/mol. The maximum Gasteiger partial charge on any atom is 0.325 e. The molecule has 1 aliphatic heterocycles. The van der Waals surface area contributed by atoms with Gasteiger partial charge in [-0.05, 0) is 40.6 Å². The lowest BCUT2D eigenvalue weighted by atomic mass is 9.92. The second-order valence-electron chi connectivity index (χ2n) is 6.23. The lowest BCUT2D eigenvalue weighted by Crippen LogP contribution is -2.40. The fourth-order valence-corrected chi connectivity index (χ4v) is 3.03. The summed E-state index contributed by atoms with van der Waals surface area (Å²) >= 11 is 0. The van der Waals surface area contributed by atoms with Crippen LogP contribution in [-0.2, 0) is 16.9 Å². The molecule has 0 aliphatic carbocycles. The van der Waals surface area contributed by atoms with E-state index in [1.165, 1.54) is 15.9 Å². The minimum Gasteiger partial charge on any atom is -0.319 e. The fourth-order valence-electron chi connectivity index (χ4n) is 3.03. The van der Waals surface area contributed by atoms with Crippen LogP contribution in [0.3, 0.4) is 0 Å². The van der Waals surface area contributed by atoms with Gasteiger partial charge < -0.3 is 5.32 Å². The Morgan fingerprint density at radius 3 is 2.42 bits per heavy atom. The molecule has 0 bridgehead atoms. The zero-order valence-electron chi connectivity index (χ0n) is 14.0. The molecule has 8 nitrogen and oxygen atoms in total. The van der Waals surface area contributed by atoms with E-state index in [-0.39, 0.29) is 12.5 Å². The van der Waals surface area contributed by atoms with Gasteiger partial charge >= 0.3 is 6.03 Å². The number of hydrogen-bond acceptors (Lipinski definition) is 5. The average molecular weight is 348 g/mol. The smallest absolute Gasteiger partial charge is 0.319 e. The van der Waals surface area contributed by atoms with Gasteiger partial charge in [0.1, 0.15) is 11.9 Å². The number of nitrogens with zero attached hydrogens (tertiary/aromatic N) is 5. The van der Waals surface area contributed by atoms with Gasteiger partial charge in [0.05, 0.1) is 12.2 Å². The zero-order valence-corrected chi connectivity index (χ0v) is 14.0. The fraction of sp³-hybridized carbons (Fsp3) is 0.167. The number of benzene rings is 2. The predicted molar refractivity (Wildman–Crippen MR) is 92.0 cm³/mol. The number of tetrazole rings is 1. The van der Waals surface area contributed by atoms with Crippen molar-refractivity contribution in [3.05, 3.63) is 72.1 Å². The molecule has 0 saturated carbocycles. The van der Waals surface area contributed by atoms with Gasteiger partial charge in [-0.15, -0.1) is 5.10 Å². The maximum atomic E-state index is 13.0. The summed E-state index contributed by atoms with van der Waals surface area (Å²) in [5, 5.41) is 13.8. The first-order chi connectivity index (χ1) is 12.6. The van der Waals surface area contributed by atoms with Crippen molar-refractivity contribution in [2.24, 2.45) is 0 Å². The molecule has 0 unspecified atom stereocenters. The summed E-state index contributed by atoms with van der Waals surface area (Å²) in [6, 6.07) is 16.2. The molecule has 8 heteroatoms. The van der Waals surface area contributed by atoms with E-state index < -0.39 is 11.6 Å². The number of carbonyl (C=O) groups excluding carboxylic acids is 2. The first-order valence-corrected chi connectivity index (χ1v) is 8.10. The molecular weight excluding hydrogens is 332 g/mol. The second-order valence-corrected chi connectivity index (χ2v) is 6.23. The van der Waals surface area contributed by atoms with Crippen molar-refractivity contribution in [3.63, 3.8) is 0 Å². The molecule has 130 valence electrons. The van der Waals surface area contributed by atoms with Gasteiger partial charge in [-0.2, -0.15) is 0 Å². The minimum atomic E-state index is -1.11. The van der Waals surface area contributed by atoms with Crippen molar-refractivity contribution in [2.45, 2.75) is 19.0 Å². The van der Waals surface area contributed by atoms with Crippen LogP contribution in [-0.4, -0.2) is 37.0 Å². The van der Waals surface area contributed by atoms with Gasteiger partial charge in [0.15, 0.2) is 0 Å². The standard InChI is InChI=1S/C18H16N6O2/c1-18(14-7-9-15(10-8-14)24-12-19-21-22-24)16(25)23(17(26)20-18)11-13-5-3-2-4-6-13/h2-10,12H,11H2,1H3,(H,20,26)/t18-/m0/s1. The highest BCUT2D eigenvalue weighted by atomic mass is 16.2. The highest BCUT2D eigenvalue weighted by Crippen LogP contribution is 2.30. The summed E-state index contributed by atoms with van der Waals surface area (Å²) in [7, 11) is 0. The second kappa shape index (κ2) is 6.07. The molecule has 26 heavy (non-hydrogen) atoms. The number of imide groups is 1. The Kier molecular flexibility index (Phi) is 3.72. The van der Waals surface area contributed by atoms with Crippen molar-refractivity contribution < 1.29 is 9.59 Å². The van der Waals surface area contributed by atoms with E-state index in [1.54, 1.807) is 31.2 Å². The summed E-state index contributed by atoms with van der Waals surface area (Å²) < 4.78 is 1.52. The van der Waals surface area contributed by atoms with Gasteiger partial charge in [-0.3, -0.25) is 9.69 Å². The average Bonchev–Trinajstić information content (AvgIpc) is 3.27. The van der Waals surface area contributed by atoms with Crippen LogP contribution in [0.1, 0.15) is 18.1 Å². The molecular formula is C18H16N6O2. The number of hydrogen-bond donors (Lipinski definition) is 1. The Labute approximate surface area is 149 Å². The molecule has 3 aromatic rings. The van der Waals surface area contributed by atoms with E-state index in [1.807, 2.05) is 30.3 Å². The van der Waals surface area contributed by atoms with Crippen LogP contribution in [0.25, 0.3) is 5.69 Å². The molecule has 1 fully saturated rings. The van der Waals surface area contributed by atoms with Crippen molar-refractivity contribution in [1.82, 2.24) is 30.4 Å². The van der Waals surface area contributed by atoms with Crippen LogP contribution in [0.15, 0.2) is 60.9 Å². The van der Waals surface area contributed by atoms with E-state index in [0.29, 0.717) is 5.56 Å². The summed E-state index contributed by atoms with van der Waals surface area (Å²) in [4.78, 5) is 26.6.